The van der Waals surface area contributed by atoms with Gasteiger partial charge in [0.15, 0.2) is 11.5 Å². The van der Waals surface area contributed by atoms with Gasteiger partial charge in [-0.2, -0.15) is 5.10 Å². The number of aromatic nitrogens is 6. The summed E-state index contributed by atoms with van der Waals surface area (Å²) in [5.41, 5.74) is 6.55. The van der Waals surface area contributed by atoms with Gasteiger partial charge in [0.25, 0.3) is 0 Å². The van der Waals surface area contributed by atoms with Crippen LogP contribution in [0.15, 0.2) is 79.3 Å². The molecule has 7 heteroatoms. The maximum absolute atomic E-state index is 13.8. The second-order valence-electron chi connectivity index (χ2n) is 7.23. The van der Waals surface area contributed by atoms with E-state index in [-0.39, 0.29) is 5.82 Å². The molecule has 0 bridgehead atoms. The van der Waals surface area contributed by atoms with Crippen LogP contribution in [0.3, 0.4) is 0 Å². The molecule has 0 fully saturated rings. The predicted octanol–water partition coefficient (Wildman–Crippen LogP) is 5.37. The first-order chi connectivity index (χ1) is 15.3. The third-order valence-corrected chi connectivity index (χ3v) is 5.31. The molecular formula is C24H15FN6. The van der Waals surface area contributed by atoms with Gasteiger partial charge in [-0.25, -0.2) is 14.4 Å². The van der Waals surface area contributed by atoms with Crippen molar-refractivity contribution >= 4 is 22.1 Å². The van der Waals surface area contributed by atoms with E-state index in [1.165, 1.54) is 12.1 Å². The summed E-state index contributed by atoms with van der Waals surface area (Å²) in [6, 6.07) is 18.4. The summed E-state index contributed by atoms with van der Waals surface area (Å²) in [4.78, 5) is 16.6. The number of nitrogens with one attached hydrogen (secondary N) is 2. The molecule has 0 aliphatic carbocycles. The lowest BCUT2D eigenvalue weighted by Gasteiger charge is -2.02. The number of aromatic amines is 2. The van der Waals surface area contributed by atoms with Crippen molar-refractivity contribution in [1.82, 2.24) is 30.1 Å². The first-order valence-corrected chi connectivity index (χ1v) is 9.76. The van der Waals surface area contributed by atoms with Crippen LogP contribution in [0.4, 0.5) is 4.39 Å². The van der Waals surface area contributed by atoms with E-state index in [1.54, 1.807) is 18.5 Å². The Morgan fingerprint density at radius 3 is 2.65 bits per heavy atom. The summed E-state index contributed by atoms with van der Waals surface area (Å²) in [6.07, 6.45) is 5.26. The van der Waals surface area contributed by atoms with Crippen molar-refractivity contribution in [3.63, 3.8) is 0 Å². The van der Waals surface area contributed by atoms with Gasteiger partial charge in [0.05, 0.1) is 11.0 Å². The van der Waals surface area contributed by atoms with Gasteiger partial charge < -0.3 is 4.98 Å². The summed E-state index contributed by atoms with van der Waals surface area (Å²) in [5, 5.41) is 8.50. The number of nitrogens with zero attached hydrogens (tertiary/aromatic N) is 4. The Labute approximate surface area is 175 Å². The second-order valence-corrected chi connectivity index (χ2v) is 7.23. The van der Waals surface area contributed by atoms with Gasteiger partial charge in [-0.3, -0.25) is 10.1 Å². The number of halogens is 1. The minimum Gasteiger partial charge on any atom is -0.335 e. The quantitative estimate of drug-likeness (QED) is 0.414. The highest BCUT2D eigenvalue weighted by atomic mass is 19.1. The zero-order chi connectivity index (χ0) is 20.8. The average Bonchev–Trinajstić information content (AvgIpc) is 3.43. The standard InChI is InChI=1S/C24H15FN6/c25-17-5-1-3-15(11-17)18-8-10-27-23-21(18)28-24(29-23)22-19-12-14(6-7-20(19)30-31-22)16-4-2-9-26-13-16/h1-13H,(H,30,31)(H,27,28,29). The second kappa shape index (κ2) is 6.84. The third-order valence-electron chi connectivity index (χ3n) is 5.31. The molecule has 0 amide bonds. The Morgan fingerprint density at radius 1 is 0.839 bits per heavy atom. The Kier molecular flexibility index (Phi) is 3.86. The number of hydrogen-bond donors (Lipinski definition) is 2. The minimum absolute atomic E-state index is 0.288. The monoisotopic (exact) mass is 406 g/mol. The maximum Gasteiger partial charge on any atom is 0.178 e. The Bertz CT molecular complexity index is 1550. The summed E-state index contributed by atoms with van der Waals surface area (Å²) < 4.78 is 13.8. The number of imidazole rings is 1. The average molecular weight is 406 g/mol. The first-order valence-electron chi connectivity index (χ1n) is 9.76. The van der Waals surface area contributed by atoms with E-state index in [0.717, 1.165) is 38.7 Å². The smallest absolute Gasteiger partial charge is 0.178 e. The Balaban J connectivity index is 1.52. The van der Waals surface area contributed by atoms with Crippen molar-refractivity contribution in [2.45, 2.75) is 0 Å². The SMILES string of the molecule is Fc1cccc(-c2ccnc3nc(-c4n[nH]c5ccc(-c6cccnc6)cc45)[nH]c23)c1. The number of benzene rings is 2. The fraction of sp³-hybridized carbons (Fsp3) is 0. The third kappa shape index (κ3) is 2.95. The van der Waals surface area contributed by atoms with Gasteiger partial charge in [0.1, 0.15) is 11.5 Å². The van der Waals surface area contributed by atoms with Crippen LogP contribution in [0.5, 0.6) is 0 Å². The molecule has 0 saturated heterocycles. The summed E-state index contributed by atoms with van der Waals surface area (Å²) >= 11 is 0. The van der Waals surface area contributed by atoms with Gasteiger partial charge >= 0.3 is 0 Å². The summed E-state index contributed by atoms with van der Waals surface area (Å²) in [6.45, 7) is 0. The van der Waals surface area contributed by atoms with Crippen LogP contribution in [0.25, 0.3) is 55.8 Å². The highest BCUT2D eigenvalue weighted by molar-refractivity contribution is 5.97. The number of rotatable bonds is 3. The van der Waals surface area contributed by atoms with E-state index in [0.29, 0.717) is 17.2 Å². The zero-order valence-corrected chi connectivity index (χ0v) is 16.2. The van der Waals surface area contributed by atoms with Crippen LogP contribution in [0.1, 0.15) is 0 Å². The predicted molar refractivity (Wildman–Crippen MR) is 118 cm³/mol. The highest BCUT2D eigenvalue weighted by Gasteiger charge is 2.16. The van der Waals surface area contributed by atoms with E-state index < -0.39 is 0 Å². The zero-order valence-electron chi connectivity index (χ0n) is 16.2. The molecule has 2 N–H and O–H groups in total. The highest BCUT2D eigenvalue weighted by Crippen LogP contribution is 2.32. The number of hydrogen-bond acceptors (Lipinski definition) is 4. The fourth-order valence-corrected chi connectivity index (χ4v) is 3.83. The summed E-state index contributed by atoms with van der Waals surface area (Å²) in [7, 11) is 0. The number of H-pyrrole nitrogens is 2. The van der Waals surface area contributed by atoms with Crippen LogP contribution in [-0.4, -0.2) is 30.1 Å². The molecule has 148 valence electrons. The molecular weight excluding hydrogens is 391 g/mol. The molecule has 0 unspecified atom stereocenters. The van der Waals surface area contributed by atoms with Gasteiger partial charge in [-0.1, -0.05) is 24.3 Å². The van der Waals surface area contributed by atoms with Crippen LogP contribution in [0.2, 0.25) is 0 Å². The van der Waals surface area contributed by atoms with E-state index in [9.17, 15) is 4.39 Å². The van der Waals surface area contributed by atoms with Crippen molar-refractivity contribution in [2.24, 2.45) is 0 Å². The molecule has 6 aromatic rings. The molecule has 4 aromatic heterocycles. The van der Waals surface area contributed by atoms with Crippen molar-refractivity contribution in [1.29, 1.82) is 0 Å². The molecule has 0 saturated carbocycles. The van der Waals surface area contributed by atoms with Gasteiger partial charge in [-0.05, 0) is 47.5 Å². The molecule has 0 atom stereocenters. The van der Waals surface area contributed by atoms with E-state index in [2.05, 4.69) is 36.2 Å². The van der Waals surface area contributed by atoms with Crippen molar-refractivity contribution in [3.05, 3.63) is 85.1 Å². The lowest BCUT2D eigenvalue weighted by molar-refractivity contribution is 0.628. The van der Waals surface area contributed by atoms with Gasteiger partial charge in [-0.15, -0.1) is 0 Å². The van der Waals surface area contributed by atoms with E-state index >= 15 is 0 Å². The molecule has 6 nitrogen and oxygen atoms in total. The van der Waals surface area contributed by atoms with Crippen LogP contribution in [0, 0.1) is 5.82 Å². The van der Waals surface area contributed by atoms with Gasteiger partial charge in [0, 0.05) is 35.1 Å². The molecule has 0 aliphatic heterocycles. The molecule has 31 heavy (non-hydrogen) atoms. The molecule has 2 aromatic carbocycles. The van der Waals surface area contributed by atoms with Crippen molar-refractivity contribution in [3.8, 4) is 33.8 Å². The van der Waals surface area contributed by atoms with E-state index in [4.69, 9.17) is 0 Å². The van der Waals surface area contributed by atoms with Gasteiger partial charge in [0.2, 0.25) is 0 Å². The lowest BCUT2D eigenvalue weighted by atomic mass is 10.0. The Hall–Kier alpha value is -4.39. The van der Waals surface area contributed by atoms with E-state index in [1.807, 2.05) is 42.6 Å². The van der Waals surface area contributed by atoms with Crippen molar-refractivity contribution in [2.75, 3.05) is 0 Å². The topological polar surface area (TPSA) is 83.1 Å². The largest absolute Gasteiger partial charge is 0.335 e. The minimum atomic E-state index is -0.288. The normalized spacial score (nSPS) is 11.4. The molecule has 4 heterocycles. The molecule has 6 rings (SSSR count). The lowest BCUT2D eigenvalue weighted by Crippen LogP contribution is -1.84. The number of pyridine rings is 2. The molecule has 0 radical (unpaired) electrons. The maximum atomic E-state index is 13.8. The number of fused-ring (bicyclic) bond motifs is 2. The summed E-state index contributed by atoms with van der Waals surface area (Å²) in [5.74, 6) is 0.310. The van der Waals surface area contributed by atoms with Crippen LogP contribution < -0.4 is 0 Å². The van der Waals surface area contributed by atoms with Crippen LogP contribution >= 0.6 is 0 Å². The first kappa shape index (κ1) is 17.5. The van der Waals surface area contributed by atoms with Crippen LogP contribution in [-0.2, 0) is 0 Å². The Morgan fingerprint density at radius 2 is 1.77 bits per heavy atom. The fourth-order valence-electron chi connectivity index (χ4n) is 3.83. The molecule has 0 aliphatic rings. The molecule has 0 spiro atoms. The van der Waals surface area contributed by atoms with Crippen molar-refractivity contribution < 1.29 is 4.39 Å².